The van der Waals surface area contributed by atoms with E-state index in [0.29, 0.717) is 0 Å². The van der Waals surface area contributed by atoms with Crippen molar-refractivity contribution in [2.45, 2.75) is 0 Å². The Labute approximate surface area is 46.3 Å². The van der Waals surface area contributed by atoms with Gasteiger partial charge in [-0.1, -0.05) is 0 Å². The van der Waals surface area contributed by atoms with E-state index in [1.807, 2.05) is 0 Å². The molecule has 8 heavy (non-hydrogen) atoms. The van der Waals surface area contributed by atoms with Gasteiger partial charge in [0, 0.05) is 0 Å². The fourth-order valence-electron chi connectivity index (χ4n) is 0.247. The van der Waals surface area contributed by atoms with E-state index < -0.39 is 10.3 Å². The molecule has 1 heterocycles. The minimum Gasteiger partial charge on any atom is -0.182 e. The molecule has 0 aromatic carbocycles. The van der Waals surface area contributed by atoms with Crippen LogP contribution in [0.5, 0.6) is 0 Å². The summed E-state index contributed by atoms with van der Waals surface area (Å²) in [5.41, 5.74) is 0. The molecule has 0 aliphatic carbocycles. The lowest BCUT2D eigenvalue weighted by Gasteiger charge is -1.62. The van der Waals surface area contributed by atoms with Gasteiger partial charge in [-0.2, -0.15) is 8.42 Å². The van der Waals surface area contributed by atoms with Crippen LogP contribution in [0.2, 0.25) is 0 Å². The monoisotopic (exact) mass is 131 g/mol. The van der Waals surface area contributed by atoms with Gasteiger partial charge in [0.05, 0.1) is 6.21 Å². The predicted molar refractivity (Wildman–Crippen MR) is 27.3 cm³/mol. The molecule has 5 nitrogen and oxygen atoms in total. The highest BCUT2D eigenvalue weighted by Crippen LogP contribution is 1.86. The Bertz CT molecular complexity index is 250. The fraction of sp³-hybridized carbons (Fsp3) is 0. The summed E-state index contributed by atoms with van der Waals surface area (Å²) in [4.78, 5) is -0.120. The second-order valence-electron chi connectivity index (χ2n) is 1.01. The summed E-state index contributed by atoms with van der Waals surface area (Å²) in [5, 5.41) is 9.38. The Balaban J connectivity index is 3.29. The van der Waals surface area contributed by atoms with Crippen molar-refractivity contribution in [3.05, 3.63) is 0 Å². The summed E-state index contributed by atoms with van der Waals surface area (Å²) in [6.45, 7) is 0. The zero-order chi connectivity index (χ0) is 5.98. The molecule has 1 aliphatic rings. The van der Waals surface area contributed by atoms with Crippen LogP contribution in [0.3, 0.4) is 0 Å². The molecule has 0 unspecified atom stereocenters. The van der Waals surface area contributed by atoms with Crippen molar-refractivity contribution in [3.63, 3.8) is 0 Å². The van der Waals surface area contributed by atoms with Gasteiger partial charge in [-0.15, -0.1) is 10.2 Å². The summed E-state index contributed by atoms with van der Waals surface area (Å²) >= 11 is 0. The minimum atomic E-state index is -2.28. The summed E-state index contributed by atoms with van der Waals surface area (Å²) in [6, 6.07) is 0. The van der Waals surface area contributed by atoms with Crippen molar-refractivity contribution in [1.29, 1.82) is 0 Å². The molecular formula is C2HN3O2S. The van der Waals surface area contributed by atoms with E-state index in [1.54, 1.807) is 0 Å². The number of hydrogen-bond donors (Lipinski definition) is 0. The van der Waals surface area contributed by atoms with E-state index in [-0.39, 0.29) is 4.99 Å². The largest absolute Gasteiger partial charge is 0.243 e. The second kappa shape index (κ2) is 1.83. The maximum atomic E-state index is 9.92. The zero-order valence-corrected chi connectivity index (χ0v) is 4.46. The highest BCUT2D eigenvalue weighted by atomic mass is 32.2. The van der Waals surface area contributed by atoms with E-state index in [2.05, 4.69) is 15.4 Å². The molecule has 0 bridgehead atoms. The lowest BCUT2D eigenvalue weighted by Crippen LogP contribution is -1.89. The Hall–Kier alpha value is -1.04. The first kappa shape index (κ1) is 5.10. The number of nitrogens with zero attached hydrogens (tertiary/aromatic N) is 3. The Morgan fingerprint density at radius 1 is 1.50 bits per heavy atom. The highest BCUT2D eigenvalue weighted by Gasteiger charge is 1.97. The van der Waals surface area contributed by atoms with Crippen LogP contribution in [0.1, 0.15) is 0 Å². The first-order valence-electron chi connectivity index (χ1n) is 1.71. The number of hydrogen-bond acceptors (Lipinski definition) is 4. The van der Waals surface area contributed by atoms with Crippen molar-refractivity contribution in [2.75, 3.05) is 0 Å². The molecule has 0 amide bonds. The normalized spacial score (nSPS) is 15.2. The molecule has 0 N–H and O–H groups in total. The molecule has 0 saturated carbocycles. The summed E-state index contributed by atoms with van der Waals surface area (Å²) in [5.74, 6) is 0. The van der Waals surface area contributed by atoms with E-state index in [9.17, 15) is 8.42 Å². The minimum absolute atomic E-state index is 0.120. The molecule has 0 spiro atoms. The van der Waals surface area contributed by atoms with Crippen LogP contribution in [0.25, 0.3) is 0 Å². The third kappa shape index (κ3) is 0.784. The van der Waals surface area contributed by atoms with Crippen LogP contribution in [-0.2, 0) is 10.3 Å². The average molecular weight is 131 g/mol. The van der Waals surface area contributed by atoms with Crippen LogP contribution in [0.4, 0.5) is 0 Å². The van der Waals surface area contributed by atoms with E-state index in [0.717, 1.165) is 6.21 Å². The zero-order valence-electron chi connectivity index (χ0n) is 3.64. The standard InChI is InChI=1S/C2HN3O2S/c6-8(7)2-1-3-5-4-2/h1H. The first-order valence-corrected chi connectivity index (χ1v) is 2.78. The highest BCUT2D eigenvalue weighted by molar-refractivity contribution is 7.74. The van der Waals surface area contributed by atoms with E-state index in [4.69, 9.17) is 0 Å². The topological polar surface area (TPSA) is 71.2 Å². The van der Waals surface area contributed by atoms with Crippen molar-refractivity contribution < 1.29 is 8.42 Å². The quantitative estimate of drug-likeness (QED) is 0.413. The maximum absolute atomic E-state index is 9.92. The van der Waals surface area contributed by atoms with Gasteiger partial charge in [0.25, 0.3) is 0 Å². The number of rotatable bonds is 0. The van der Waals surface area contributed by atoms with Crippen molar-refractivity contribution >= 4 is 21.5 Å². The summed E-state index contributed by atoms with van der Waals surface area (Å²) in [7, 11) is -2.28. The summed E-state index contributed by atoms with van der Waals surface area (Å²) < 4.78 is 19.8. The lowest BCUT2D eigenvalue weighted by molar-refractivity contribution is 0.627. The Morgan fingerprint density at radius 3 is 2.50 bits per heavy atom. The van der Waals surface area contributed by atoms with Gasteiger partial charge in [-0.25, -0.2) is 0 Å². The lowest BCUT2D eigenvalue weighted by atomic mass is 10.8. The van der Waals surface area contributed by atoms with Gasteiger partial charge < -0.3 is 0 Å². The molecule has 42 valence electrons. The molecular weight excluding hydrogens is 130 g/mol. The molecule has 0 fully saturated rings. The second-order valence-corrected chi connectivity index (χ2v) is 1.89. The van der Waals surface area contributed by atoms with Gasteiger partial charge >= 0.3 is 0 Å². The first-order chi connectivity index (χ1) is 3.80. The van der Waals surface area contributed by atoms with Crippen molar-refractivity contribution in [2.24, 2.45) is 15.4 Å². The van der Waals surface area contributed by atoms with Gasteiger partial charge in [-0.3, -0.25) is 0 Å². The van der Waals surface area contributed by atoms with Gasteiger partial charge in [0.15, 0.2) is 0 Å². The molecule has 0 saturated heterocycles. The summed E-state index contributed by atoms with van der Waals surface area (Å²) in [6.07, 6.45) is 1.07. The third-order valence-electron chi connectivity index (χ3n) is 0.534. The van der Waals surface area contributed by atoms with Gasteiger partial charge in [0.1, 0.15) is 0 Å². The van der Waals surface area contributed by atoms with Crippen LogP contribution in [-0.4, -0.2) is 19.6 Å². The van der Waals surface area contributed by atoms with E-state index >= 15 is 0 Å². The Morgan fingerprint density at radius 2 is 2.25 bits per heavy atom. The van der Waals surface area contributed by atoms with E-state index in [1.165, 1.54) is 0 Å². The molecule has 0 aromatic rings. The molecule has 0 radical (unpaired) electrons. The molecule has 0 atom stereocenters. The molecule has 1 rings (SSSR count). The third-order valence-corrected chi connectivity index (χ3v) is 1.06. The van der Waals surface area contributed by atoms with Crippen LogP contribution < -0.4 is 0 Å². The average Bonchev–Trinajstić information content (AvgIpc) is 2.12. The SMILES string of the molecule is O=S(=O)=C1C=NN=N1. The van der Waals surface area contributed by atoms with Crippen LogP contribution >= 0.6 is 0 Å². The van der Waals surface area contributed by atoms with Crippen molar-refractivity contribution in [3.8, 4) is 0 Å². The van der Waals surface area contributed by atoms with Crippen LogP contribution in [0, 0.1) is 0 Å². The van der Waals surface area contributed by atoms with Crippen LogP contribution in [0.15, 0.2) is 15.4 Å². The predicted octanol–water partition coefficient (Wildman–Crippen LogP) is -0.553. The Kier molecular flexibility index (Phi) is 1.17. The van der Waals surface area contributed by atoms with Gasteiger partial charge in [-0.05, 0) is 5.22 Å². The van der Waals surface area contributed by atoms with Gasteiger partial charge in [0.2, 0.25) is 15.3 Å². The molecule has 6 heteroatoms. The maximum Gasteiger partial charge on any atom is 0.243 e. The molecule has 0 aromatic heterocycles. The smallest absolute Gasteiger partial charge is 0.182 e. The molecule has 1 aliphatic heterocycles. The van der Waals surface area contributed by atoms with Crippen molar-refractivity contribution in [1.82, 2.24) is 0 Å². The fourth-order valence-corrected chi connectivity index (χ4v) is 0.484.